The van der Waals surface area contributed by atoms with E-state index in [-0.39, 0.29) is 4.90 Å². The fraction of sp³-hybridized carbons (Fsp3) is 0.368. The summed E-state index contributed by atoms with van der Waals surface area (Å²) in [6, 6.07) is 13.1. The Hall–Kier alpha value is -2.07. The highest BCUT2D eigenvalue weighted by molar-refractivity contribution is 7.89. The molecule has 1 fully saturated rings. The third-order valence-electron chi connectivity index (χ3n) is 4.86. The highest BCUT2D eigenvalue weighted by Gasteiger charge is 2.30. The van der Waals surface area contributed by atoms with Crippen LogP contribution in [-0.2, 0) is 10.0 Å². The van der Waals surface area contributed by atoms with Gasteiger partial charge >= 0.3 is 0 Å². The minimum atomic E-state index is -3.57. The van der Waals surface area contributed by atoms with Crippen LogP contribution in [0.3, 0.4) is 0 Å². The Kier molecular flexibility index (Phi) is 5.58. The van der Waals surface area contributed by atoms with Gasteiger partial charge in [-0.15, -0.1) is 0 Å². The van der Waals surface area contributed by atoms with Crippen molar-refractivity contribution in [1.82, 2.24) is 18.0 Å². The van der Waals surface area contributed by atoms with Crippen LogP contribution in [0.15, 0.2) is 47.4 Å². The van der Waals surface area contributed by atoms with Crippen LogP contribution >= 0.6 is 11.7 Å². The van der Waals surface area contributed by atoms with Crippen molar-refractivity contribution in [1.29, 1.82) is 0 Å². The molecule has 0 N–H and O–H groups in total. The minimum absolute atomic E-state index is 0.245. The molecule has 9 heteroatoms. The number of sulfonamides is 1. The lowest BCUT2D eigenvalue weighted by Gasteiger charge is -2.33. The maximum Gasteiger partial charge on any atom is 0.245 e. The van der Waals surface area contributed by atoms with E-state index in [9.17, 15) is 8.42 Å². The lowest BCUT2D eigenvalue weighted by molar-refractivity contribution is 0.159. The van der Waals surface area contributed by atoms with E-state index in [0.717, 1.165) is 24.0 Å². The van der Waals surface area contributed by atoms with Crippen molar-refractivity contribution in [2.45, 2.75) is 11.8 Å². The molecule has 0 aliphatic carbocycles. The molecule has 1 saturated heterocycles. The molecule has 0 radical (unpaired) electrons. The molecule has 148 valence electrons. The number of rotatable bonds is 6. The number of fused-ring (bicyclic) bond motifs is 1. The van der Waals surface area contributed by atoms with Gasteiger partial charge in [-0.2, -0.15) is 13.1 Å². The van der Waals surface area contributed by atoms with E-state index in [1.807, 2.05) is 31.2 Å². The Balaban J connectivity index is 1.34. The standard InChI is InChI=1S/C19H22N4O3S2/c1-15-4-2-5-16(14-15)26-13-12-22-8-10-23(11-9-22)28(24,25)18-7-3-6-17-19(18)21-27-20-17/h2-7,14H,8-13H2,1H3. The number of hydrogen-bond donors (Lipinski definition) is 0. The van der Waals surface area contributed by atoms with E-state index in [2.05, 4.69) is 13.6 Å². The molecule has 4 rings (SSSR count). The molecule has 1 aromatic heterocycles. The first kappa shape index (κ1) is 19.3. The third-order valence-corrected chi connectivity index (χ3v) is 7.34. The molecular weight excluding hydrogens is 396 g/mol. The first-order valence-electron chi connectivity index (χ1n) is 9.17. The summed E-state index contributed by atoms with van der Waals surface area (Å²) in [6.07, 6.45) is 0. The highest BCUT2D eigenvalue weighted by atomic mass is 32.2. The molecular formula is C19H22N4O3S2. The number of piperazine rings is 1. The third kappa shape index (κ3) is 4.02. The van der Waals surface area contributed by atoms with Crippen LogP contribution in [0.2, 0.25) is 0 Å². The summed E-state index contributed by atoms with van der Waals surface area (Å²) < 4.78 is 41.8. The minimum Gasteiger partial charge on any atom is -0.492 e. The molecule has 3 aromatic rings. The fourth-order valence-corrected chi connectivity index (χ4v) is 5.49. The molecule has 1 aliphatic heterocycles. The zero-order valence-electron chi connectivity index (χ0n) is 15.6. The summed E-state index contributed by atoms with van der Waals surface area (Å²) >= 11 is 1.03. The molecule has 1 aliphatic rings. The van der Waals surface area contributed by atoms with Gasteiger partial charge in [-0.1, -0.05) is 18.2 Å². The van der Waals surface area contributed by atoms with Gasteiger partial charge in [-0.05, 0) is 36.8 Å². The Morgan fingerprint density at radius 2 is 1.86 bits per heavy atom. The number of aryl methyl sites for hydroxylation is 1. The SMILES string of the molecule is Cc1cccc(OCCN2CCN(S(=O)(=O)c3cccc4nsnc34)CC2)c1. The first-order chi connectivity index (χ1) is 13.5. The second-order valence-electron chi connectivity index (χ2n) is 6.80. The molecule has 0 bridgehead atoms. The Bertz CT molecular complexity index is 1060. The molecule has 7 nitrogen and oxygen atoms in total. The van der Waals surface area contributed by atoms with Gasteiger partial charge < -0.3 is 4.74 Å². The van der Waals surface area contributed by atoms with Crippen LogP contribution in [0.4, 0.5) is 0 Å². The molecule has 0 unspecified atom stereocenters. The Morgan fingerprint density at radius 1 is 1.07 bits per heavy atom. The van der Waals surface area contributed by atoms with E-state index in [0.29, 0.717) is 43.8 Å². The van der Waals surface area contributed by atoms with Crippen LogP contribution in [0, 0.1) is 6.92 Å². The van der Waals surface area contributed by atoms with E-state index in [1.54, 1.807) is 22.5 Å². The summed E-state index contributed by atoms with van der Waals surface area (Å²) in [5, 5.41) is 0. The molecule has 0 amide bonds. The van der Waals surface area contributed by atoms with Crippen molar-refractivity contribution in [2.24, 2.45) is 0 Å². The van der Waals surface area contributed by atoms with Crippen molar-refractivity contribution in [3.63, 3.8) is 0 Å². The summed E-state index contributed by atoms with van der Waals surface area (Å²) in [5.41, 5.74) is 2.25. The largest absolute Gasteiger partial charge is 0.492 e. The van der Waals surface area contributed by atoms with Gasteiger partial charge in [0.2, 0.25) is 10.0 Å². The summed E-state index contributed by atoms with van der Waals surface area (Å²) in [4.78, 5) is 2.47. The average Bonchev–Trinajstić information content (AvgIpc) is 3.17. The van der Waals surface area contributed by atoms with Gasteiger partial charge in [0.25, 0.3) is 0 Å². The van der Waals surface area contributed by atoms with Crippen LogP contribution in [0.25, 0.3) is 11.0 Å². The van der Waals surface area contributed by atoms with Gasteiger partial charge in [-0.3, -0.25) is 4.90 Å². The fourth-order valence-electron chi connectivity index (χ4n) is 3.32. The average molecular weight is 419 g/mol. The summed E-state index contributed by atoms with van der Waals surface area (Å²) in [7, 11) is -3.57. The van der Waals surface area contributed by atoms with Gasteiger partial charge in [0, 0.05) is 32.7 Å². The lowest BCUT2D eigenvalue weighted by Crippen LogP contribution is -2.49. The predicted molar refractivity (Wildman–Crippen MR) is 109 cm³/mol. The van der Waals surface area contributed by atoms with Gasteiger partial charge in [0.1, 0.15) is 28.3 Å². The monoisotopic (exact) mass is 418 g/mol. The second kappa shape index (κ2) is 8.12. The van der Waals surface area contributed by atoms with E-state index in [1.165, 1.54) is 5.56 Å². The topological polar surface area (TPSA) is 75.6 Å². The van der Waals surface area contributed by atoms with E-state index < -0.39 is 10.0 Å². The highest BCUT2D eigenvalue weighted by Crippen LogP contribution is 2.25. The number of benzene rings is 2. The maximum atomic E-state index is 13.1. The number of aromatic nitrogens is 2. The second-order valence-corrected chi connectivity index (χ2v) is 9.23. The zero-order valence-corrected chi connectivity index (χ0v) is 17.2. The van der Waals surface area contributed by atoms with Crippen molar-refractivity contribution >= 4 is 32.8 Å². The van der Waals surface area contributed by atoms with Crippen LogP contribution in [0.5, 0.6) is 5.75 Å². The van der Waals surface area contributed by atoms with Gasteiger partial charge in [-0.25, -0.2) is 8.42 Å². The number of nitrogens with zero attached hydrogens (tertiary/aromatic N) is 4. The van der Waals surface area contributed by atoms with Crippen molar-refractivity contribution < 1.29 is 13.2 Å². The Labute approximate surface area is 168 Å². The molecule has 0 saturated carbocycles. The molecule has 0 atom stereocenters. The lowest BCUT2D eigenvalue weighted by atomic mass is 10.2. The van der Waals surface area contributed by atoms with Gasteiger partial charge in [0.05, 0.1) is 11.7 Å². The van der Waals surface area contributed by atoms with Gasteiger partial charge in [0.15, 0.2) is 0 Å². The quantitative estimate of drug-likeness (QED) is 0.612. The van der Waals surface area contributed by atoms with Crippen molar-refractivity contribution in [2.75, 3.05) is 39.3 Å². The summed E-state index contributed by atoms with van der Waals surface area (Å²) in [6.45, 7) is 5.67. The molecule has 0 spiro atoms. The van der Waals surface area contributed by atoms with Crippen molar-refractivity contribution in [3.8, 4) is 5.75 Å². The number of ether oxygens (including phenoxy) is 1. The van der Waals surface area contributed by atoms with E-state index in [4.69, 9.17) is 4.74 Å². The molecule has 2 aromatic carbocycles. The van der Waals surface area contributed by atoms with Crippen LogP contribution in [0.1, 0.15) is 5.56 Å². The Morgan fingerprint density at radius 3 is 2.64 bits per heavy atom. The van der Waals surface area contributed by atoms with Crippen LogP contribution in [-0.4, -0.2) is 65.7 Å². The summed E-state index contributed by atoms with van der Waals surface area (Å²) in [5.74, 6) is 0.867. The molecule has 28 heavy (non-hydrogen) atoms. The maximum absolute atomic E-state index is 13.1. The normalized spacial score (nSPS) is 16.5. The molecule has 2 heterocycles. The smallest absolute Gasteiger partial charge is 0.245 e. The predicted octanol–water partition coefficient (Wildman–Crippen LogP) is 2.39. The van der Waals surface area contributed by atoms with Crippen molar-refractivity contribution in [3.05, 3.63) is 48.0 Å². The zero-order chi connectivity index (χ0) is 19.6. The van der Waals surface area contributed by atoms with E-state index >= 15 is 0 Å². The first-order valence-corrected chi connectivity index (χ1v) is 11.3. The number of hydrogen-bond acceptors (Lipinski definition) is 7. The van der Waals surface area contributed by atoms with Crippen LogP contribution < -0.4 is 4.74 Å².